The van der Waals surface area contributed by atoms with Gasteiger partial charge >= 0.3 is 0 Å². The maximum atomic E-state index is 12.6. The van der Waals surface area contributed by atoms with Gasteiger partial charge in [-0.3, -0.25) is 0 Å². The lowest BCUT2D eigenvalue weighted by Crippen LogP contribution is -2.14. The van der Waals surface area contributed by atoms with E-state index in [0.717, 1.165) is 11.8 Å². The van der Waals surface area contributed by atoms with Gasteiger partial charge in [0.15, 0.2) is 10.6 Å². The highest BCUT2D eigenvalue weighted by Gasteiger charge is 2.20. The average molecular weight is 425 g/mol. The van der Waals surface area contributed by atoms with Gasteiger partial charge < -0.3 is 15.4 Å². The number of rotatable bonds is 4. The topological polar surface area (TPSA) is 131 Å². The third kappa shape index (κ3) is 4.31. The Morgan fingerprint density at radius 1 is 1.24 bits per heavy atom. The number of aryl methyl sites for hydroxylation is 1. The molecule has 0 aliphatic carbocycles. The lowest BCUT2D eigenvalue weighted by Gasteiger charge is -2.04. The number of aromatic hydroxyl groups is 1. The lowest BCUT2D eigenvalue weighted by molar-refractivity contribution is 0.459. The number of nitriles is 1. The summed E-state index contributed by atoms with van der Waals surface area (Å²) >= 11 is 5.00. The smallest absolute Gasteiger partial charge is 0.218 e. The standard InChI is InChI=1S/C19H15N5O3S2/c1-12-6-8-13(9-7-12)29(26,27)14(10-20)11-21-19(28)24-23-17-15-4-2-3-5-16(15)22-18(17)25/h2-9,11,22,25H,1H3,(H,21,28). The number of H-pyrrole nitrogens is 1. The predicted molar refractivity (Wildman–Crippen MR) is 112 cm³/mol. The van der Waals surface area contributed by atoms with Gasteiger partial charge in [-0.05, 0) is 37.3 Å². The monoisotopic (exact) mass is 425 g/mol. The molecule has 1 aromatic heterocycles. The zero-order valence-corrected chi connectivity index (χ0v) is 16.8. The number of sulfone groups is 1. The molecule has 0 bridgehead atoms. The molecule has 0 saturated heterocycles. The van der Waals surface area contributed by atoms with Crippen LogP contribution in [0.3, 0.4) is 0 Å². The van der Waals surface area contributed by atoms with Crippen molar-refractivity contribution in [2.24, 2.45) is 10.2 Å². The van der Waals surface area contributed by atoms with E-state index in [1.54, 1.807) is 42.5 Å². The number of benzene rings is 2. The summed E-state index contributed by atoms with van der Waals surface area (Å²) in [5.74, 6) is -0.173. The number of thiocarbonyl (C=S) groups is 1. The summed E-state index contributed by atoms with van der Waals surface area (Å²) in [6.45, 7) is 1.83. The van der Waals surface area contributed by atoms with Gasteiger partial charge in [0, 0.05) is 11.6 Å². The third-order valence-electron chi connectivity index (χ3n) is 3.96. The van der Waals surface area contributed by atoms with Crippen LogP contribution in [0.15, 0.2) is 74.8 Å². The SMILES string of the molecule is Cc1ccc(S(=O)(=O)C(C#N)=CNC(=S)N=Nc2c(O)[nH]c3ccccc23)cc1. The molecular weight excluding hydrogens is 410 g/mol. The minimum Gasteiger partial charge on any atom is -0.493 e. The molecule has 0 unspecified atom stereocenters. The predicted octanol–water partition coefficient (Wildman–Crippen LogP) is 3.98. The molecule has 10 heteroatoms. The molecule has 0 spiro atoms. The molecule has 3 rings (SSSR count). The van der Waals surface area contributed by atoms with E-state index in [0.29, 0.717) is 10.9 Å². The van der Waals surface area contributed by atoms with Crippen LogP contribution in [-0.2, 0) is 9.84 Å². The highest BCUT2D eigenvalue weighted by atomic mass is 32.2. The molecule has 0 amide bonds. The first-order chi connectivity index (χ1) is 13.8. The summed E-state index contributed by atoms with van der Waals surface area (Å²) in [5.41, 5.74) is 1.77. The molecule has 0 radical (unpaired) electrons. The van der Waals surface area contributed by atoms with Crippen LogP contribution >= 0.6 is 12.2 Å². The number of hydrogen-bond acceptors (Lipinski definition) is 6. The number of fused-ring (bicyclic) bond motifs is 1. The fourth-order valence-corrected chi connectivity index (χ4v) is 3.66. The molecule has 8 nitrogen and oxygen atoms in total. The van der Waals surface area contributed by atoms with Crippen LogP contribution in [0.4, 0.5) is 5.69 Å². The second-order valence-electron chi connectivity index (χ2n) is 5.95. The normalized spacial score (nSPS) is 12.2. The van der Waals surface area contributed by atoms with E-state index in [4.69, 9.17) is 12.2 Å². The van der Waals surface area contributed by atoms with Crippen molar-refractivity contribution in [2.75, 3.05) is 0 Å². The number of nitrogens with zero attached hydrogens (tertiary/aromatic N) is 3. The highest BCUT2D eigenvalue weighted by molar-refractivity contribution is 7.95. The van der Waals surface area contributed by atoms with Gasteiger partial charge in [-0.15, -0.1) is 10.2 Å². The third-order valence-corrected chi connectivity index (χ3v) is 5.84. The summed E-state index contributed by atoms with van der Waals surface area (Å²) in [4.78, 5) is 2.23. The second kappa shape index (κ2) is 8.22. The van der Waals surface area contributed by atoms with E-state index in [1.165, 1.54) is 12.1 Å². The van der Waals surface area contributed by atoms with Crippen molar-refractivity contribution >= 4 is 43.8 Å². The number of allylic oxidation sites excluding steroid dienone is 1. The summed E-state index contributed by atoms with van der Waals surface area (Å²) in [6, 6.07) is 14.9. The van der Waals surface area contributed by atoms with Crippen molar-refractivity contribution in [3.8, 4) is 11.9 Å². The Labute approximate surface area is 172 Å². The van der Waals surface area contributed by atoms with Gasteiger partial charge in [-0.25, -0.2) is 8.42 Å². The first kappa shape index (κ1) is 20.2. The van der Waals surface area contributed by atoms with Crippen LogP contribution in [0, 0.1) is 18.3 Å². The minimum atomic E-state index is -4.00. The first-order valence-corrected chi connectivity index (χ1v) is 10.2. The van der Waals surface area contributed by atoms with Crippen molar-refractivity contribution in [1.82, 2.24) is 10.3 Å². The van der Waals surface area contributed by atoms with Crippen molar-refractivity contribution in [1.29, 1.82) is 5.26 Å². The number of nitrogens with one attached hydrogen (secondary N) is 2. The Bertz CT molecular complexity index is 1280. The molecule has 0 aliphatic rings. The average Bonchev–Trinajstić information content (AvgIpc) is 3.02. The number of aromatic amines is 1. The summed E-state index contributed by atoms with van der Waals surface area (Å²) in [6.07, 6.45) is 0.964. The van der Waals surface area contributed by atoms with Crippen molar-refractivity contribution in [2.45, 2.75) is 11.8 Å². The molecule has 0 atom stereocenters. The molecule has 29 heavy (non-hydrogen) atoms. The van der Waals surface area contributed by atoms with Gasteiger partial charge in [0.2, 0.25) is 20.8 Å². The van der Waals surface area contributed by atoms with Crippen molar-refractivity contribution in [3.05, 3.63) is 65.2 Å². The van der Waals surface area contributed by atoms with Crippen LogP contribution in [0.2, 0.25) is 0 Å². The van der Waals surface area contributed by atoms with Crippen LogP contribution in [0.25, 0.3) is 10.9 Å². The fourth-order valence-electron chi connectivity index (χ4n) is 2.48. The van der Waals surface area contributed by atoms with Crippen LogP contribution in [0.5, 0.6) is 5.88 Å². The van der Waals surface area contributed by atoms with E-state index in [9.17, 15) is 18.8 Å². The molecule has 0 saturated carbocycles. The fraction of sp³-hybridized carbons (Fsp3) is 0.0526. The number of hydrogen-bond donors (Lipinski definition) is 3. The second-order valence-corrected chi connectivity index (χ2v) is 8.26. The zero-order chi connectivity index (χ0) is 21.0. The molecule has 2 aromatic carbocycles. The molecule has 146 valence electrons. The van der Waals surface area contributed by atoms with Crippen LogP contribution in [0.1, 0.15) is 5.56 Å². The lowest BCUT2D eigenvalue weighted by atomic mass is 10.2. The van der Waals surface area contributed by atoms with E-state index >= 15 is 0 Å². The number of para-hydroxylation sites is 1. The Hall–Kier alpha value is -3.55. The van der Waals surface area contributed by atoms with E-state index < -0.39 is 14.7 Å². The quantitative estimate of drug-likeness (QED) is 0.329. The van der Waals surface area contributed by atoms with E-state index in [2.05, 4.69) is 20.5 Å². The van der Waals surface area contributed by atoms with Crippen molar-refractivity contribution < 1.29 is 13.5 Å². The van der Waals surface area contributed by atoms with Crippen LogP contribution in [-0.4, -0.2) is 23.6 Å². The Morgan fingerprint density at radius 3 is 2.62 bits per heavy atom. The Kier molecular flexibility index (Phi) is 5.72. The number of aromatic nitrogens is 1. The molecule has 1 heterocycles. The van der Waals surface area contributed by atoms with Gasteiger partial charge in [0.05, 0.1) is 10.4 Å². The minimum absolute atomic E-state index is 0.00559. The summed E-state index contributed by atoms with van der Waals surface area (Å²) in [7, 11) is -4.00. The van der Waals surface area contributed by atoms with E-state index in [-0.39, 0.29) is 21.6 Å². The molecular formula is C19H15N5O3S2. The van der Waals surface area contributed by atoms with Gasteiger partial charge in [-0.2, -0.15) is 5.26 Å². The highest BCUT2D eigenvalue weighted by Crippen LogP contribution is 2.35. The zero-order valence-electron chi connectivity index (χ0n) is 15.1. The molecule has 0 fully saturated rings. The van der Waals surface area contributed by atoms with Gasteiger partial charge in [-0.1, -0.05) is 35.9 Å². The van der Waals surface area contributed by atoms with Gasteiger partial charge in [0.1, 0.15) is 6.07 Å². The Balaban J connectivity index is 1.79. The maximum Gasteiger partial charge on any atom is 0.218 e. The van der Waals surface area contributed by atoms with Crippen molar-refractivity contribution in [3.63, 3.8) is 0 Å². The molecule has 3 N–H and O–H groups in total. The maximum absolute atomic E-state index is 12.6. The van der Waals surface area contributed by atoms with E-state index in [1.807, 2.05) is 6.92 Å². The summed E-state index contributed by atoms with van der Waals surface area (Å²) < 4.78 is 25.1. The molecule has 0 aliphatic heterocycles. The van der Waals surface area contributed by atoms with Crippen LogP contribution < -0.4 is 5.32 Å². The number of azo groups is 1. The Morgan fingerprint density at radius 2 is 1.93 bits per heavy atom. The largest absolute Gasteiger partial charge is 0.493 e. The summed E-state index contributed by atoms with van der Waals surface area (Å²) in [5, 5.41) is 29.8. The first-order valence-electron chi connectivity index (χ1n) is 8.27. The molecule has 3 aromatic rings. The van der Waals surface area contributed by atoms with Gasteiger partial charge in [0.25, 0.3) is 0 Å².